The van der Waals surface area contributed by atoms with Crippen LogP contribution in [0.25, 0.3) is 0 Å². The third-order valence-corrected chi connectivity index (χ3v) is 1.96. The minimum Gasteiger partial charge on any atom is -0.481 e. The summed E-state index contributed by atoms with van der Waals surface area (Å²) in [6.45, 7) is 3.86. The van der Waals surface area contributed by atoms with Gasteiger partial charge in [-0.3, -0.25) is 4.79 Å². The summed E-state index contributed by atoms with van der Waals surface area (Å²) in [4.78, 5) is 10.3. The van der Waals surface area contributed by atoms with Gasteiger partial charge in [0.15, 0.2) is 0 Å². The molecular weight excluding hydrogens is 164 g/mol. The maximum atomic E-state index is 10.3. The number of carbonyl (C=O) groups is 1. The summed E-state index contributed by atoms with van der Waals surface area (Å²) < 4.78 is 0. The number of allylic oxidation sites excluding steroid dienone is 5. The fraction of sp³-hybridized carbons (Fsp3) is 0.364. The fourth-order valence-electron chi connectivity index (χ4n) is 1.33. The van der Waals surface area contributed by atoms with Crippen LogP contribution >= 0.6 is 0 Å². The van der Waals surface area contributed by atoms with E-state index in [1.807, 2.05) is 6.08 Å². The van der Waals surface area contributed by atoms with E-state index in [1.165, 1.54) is 5.57 Å². The molecule has 0 fully saturated rings. The van der Waals surface area contributed by atoms with Crippen molar-refractivity contribution in [3.05, 3.63) is 36.0 Å². The summed E-state index contributed by atoms with van der Waals surface area (Å²) >= 11 is 0. The Morgan fingerprint density at radius 3 is 3.00 bits per heavy atom. The number of hydrogen-bond acceptors (Lipinski definition) is 1. The van der Waals surface area contributed by atoms with E-state index in [0.717, 1.165) is 18.4 Å². The number of aliphatic carboxylic acids is 1. The molecule has 0 saturated heterocycles. The molecule has 1 aliphatic rings. The normalized spacial score (nSPS) is 15.7. The van der Waals surface area contributed by atoms with Crippen molar-refractivity contribution in [2.45, 2.75) is 25.7 Å². The molecule has 2 nitrogen and oxygen atoms in total. The Hall–Kier alpha value is -1.31. The molecule has 0 heterocycles. The Morgan fingerprint density at radius 2 is 2.38 bits per heavy atom. The third-order valence-electron chi connectivity index (χ3n) is 1.96. The molecule has 1 rings (SSSR count). The van der Waals surface area contributed by atoms with Crippen LogP contribution in [-0.2, 0) is 4.79 Å². The molecule has 0 aliphatic heterocycles. The van der Waals surface area contributed by atoms with Crippen molar-refractivity contribution >= 4 is 5.97 Å². The maximum absolute atomic E-state index is 10.3. The topological polar surface area (TPSA) is 37.3 Å². The molecular formula is C11H14O2. The van der Waals surface area contributed by atoms with Gasteiger partial charge >= 0.3 is 5.97 Å². The van der Waals surface area contributed by atoms with Gasteiger partial charge in [0.05, 0.1) is 0 Å². The summed E-state index contributed by atoms with van der Waals surface area (Å²) in [6, 6.07) is 0. The van der Waals surface area contributed by atoms with Crippen molar-refractivity contribution in [2.24, 2.45) is 0 Å². The molecule has 1 N–H and O–H groups in total. The zero-order valence-corrected chi connectivity index (χ0v) is 7.62. The molecule has 2 heteroatoms. The van der Waals surface area contributed by atoms with Crippen molar-refractivity contribution in [1.82, 2.24) is 0 Å². The Bertz CT molecular complexity index is 272. The lowest BCUT2D eigenvalue weighted by atomic mass is 9.99. The minimum absolute atomic E-state index is 0.248. The minimum atomic E-state index is -0.723. The zero-order chi connectivity index (χ0) is 9.68. The highest BCUT2D eigenvalue weighted by Gasteiger charge is 2.01. The summed E-state index contributed by atoms with van der Waals surface area (Å²) in [7, 11) is 0. The van der Waals surface area contributed by atoms with E-state index in [2.05, 4.69) is 18.7 Å². The Labute approximate surface area is 78.3 Å². The molecule has 0 spiro atoms. The molecule has 1 aliphatic carbocycles. The summed E-state index contributed by atoms with van der Waals surface area (Å²) in [5.41, 5.74) is 2.30. The number of rotatable bonds is 4. The van der Waals surface area contributed by atoms with Crippen molar-refractivity contribution in [1.29, 1.82) is 0 Å². The summed E-state index contributed by atoms with van der Waals surface area (Å²) in [6.07, 6.45) is 8.87. The molecule has 13 heavy (non-hydrogen) atoms. The van der Waals surface area contributed by atoms with E-state index in [4.69, 9.17) is 5.11 Å². The molecule has 0 aromatic carbocycles. The second kappa shape index (κ2) is 4.65. The van der Waals surface area contributed by atoms with Gasteiger partial charge < -0.3 is 5.11 Å². The highest BCUT2D eigenvalue weighted by molar-refractivity contribution is 5.66. The largest absolute Gasteiger partial charge is 0.481 e. The van der Waals surface area contributed by atoms with E-state index < -0.39 is 5.97 Å². The average Bonchev–Trinajstić information content (AvgIpc) is 2.03. The van der Waals surface area contributed by atoms with Crippen LogP contribution in [0.4, 0.5) is 0 Å². The molecule has 0 amide bonds. The van der Waals surface area contributed by atoms with Crippen LogP contribution in [0.5, 0.6) is 0 Å². The van der Waals surface area contributed by atoms with Gasteiger partial charge in [-0.15, -0.1) is 0 Å². The predicted molar refractivity (Wildman–Crippen MR) is 52.5 cm³/mol. The molecule has 0 radical (unpaired) electrons. The van der Waals surface area contributed by atoms with Gasteiger partial charge in [-0.1, -0.05) is 30.4 Å². The average molecular weight is 178 g/mol. The second-order valence-electron chi connectivity index (χ2n) is 3.23. The predicted octanol–water partition coefficient (Wildman–Crippen LogP) is 2.68. The van der Waals surface area contributed by atoms with Crippen LogP contribution in [0.15, 0.2) is 36.0 Å². The van der Waals surface area contributed by atoms with E-state index in [0.29, 0.717) is 6.42 Å². The summed E-state index contributed by atoms with van der Waals surface area (Å²) in [5.74, 6) is -0.723. The van der Waals surface area contributed by atoms with Crippen molar-refractivity contribution < 1.29 is 9.90 Å². The van der Waals surface area contributed by atoms with E-state index in [1.54, 1.807) is 0 Å². The highest BCUT2D eigenvalue weighted by atomic mass is 16.4. The standard InChI is InChI=1S/C11H14O2/c1-9-4-2-5-10(8-9)6-3-7-11(12)13/h2,5,8H,1,3-4,6-7H2,(H,12,13). The molecule has 0 atom stereocenters. The number of carboxylic acid groups (broad SMARTS) is 1. The monoisotopic (exact) mass is 178 g/mol. The smallest absolute Gasteiger partial charge is 0.303 e. The van der Waals surface area contributed by atoms with Crippen LogP contribution in [0.2, 0.25) is 0 Å². The molecule has 70 valence electrons. The zero-order valence-electron chi connectivity index (χ0n) is 7.62. The van der Waals surface area contributed by atoms with E-state index in [-0.39, 0.29) is 6.42 Å². The molecule has 0 bridgehead atoms. The van der Waals surface area contributed by atoms with E-state index in [9.17, 15) is 4.79 Å². The highest BCUT2D eigenvalue weighted by Crippen LogP contribution is 2.18. The van der Waals surface area contributed by atoms with Crippen LogP contribution in [0, 0.1) is 0 Å². The van der Waals surface area contributed by atoms with Crippen LogP contribution in [0.1, 0.15) is 25.7 Å². The first-order valence-corrected chi connectivity index (χ1v) is 4.45. The van der Waals surface area contributed by atoms with Gasteiger partial charge in [0.1, 0.15) is 0 Å². The van der Waals surface area contributed by atoms with Crippen molar-refractivity contribution in [2.75, 3.05) is 0 Å². The summed E-state index contributed by atoms with van der Waals surface area (Å²) in [5, 5.41) is 8.44. The first-order chi connectivity index (χ1) is 6.18. The lowest BCUT2D eigenvalue weighted by Gasteiger charge is -2.07. The first kappa shape index (κ1) is 9.78. The molecule has 0 aromatic rings. The Kier molecular flexibility index (Phi) is 3.50. The van der Waals surface area contributed by atoms with Crippen LogP contribution in [-0.4, -0.2) is 11.1 Å². The van der Waals surface area contributed by atoms with Gasteiger partial charge in [-0.2, -0.15) is 0 Å². The van der Waals surface area contributed by atoms with Crippen molar-refractivity contribution in [3.8, 4) is 0 Å². The third kappa shape index (κ3) is 3.74. The maximum Gasteiger partial charge on any atom is 0.303 e. The molecule has 0 saturated carbocycles. The fourth-order valence-corrected chi connectivity index (χ4v) is 1.33. The van der Waals surface area contributed by atoms with Crippen molar-refractivity contribution in [3.63, 3.8) is 0 Å². The van der Waals surface area contributed by atoms with Gasteiger partial charge in [-0.25, -0.2) is 0 Å². The van der Waals surface area contributed by atoms with E-state index >= 15 is 0 Å². The number of carboxylic acids is 1. The first-order valence-electron chi connectivity index (χ1n) is 4.45. The quantitative estimate of drug-likeness (QED) is 0.718. The lowest BCUT2D eigenvalue weighted by molar-refractivity contribution is -0.137. The number of hydrogen-bond donors (Lipinski definition) is 1. The Morgan fingerprint density at radius 1 is 1.62 bits per heavy atom. The van der Waals surface area contributed by atoms with Gasteiger partial charge in [0.2, 0.25) is 0 Å². The van der Waals surface area contributed by atoms with Gasteiger partial charge in [0, 0.05) is 6.42 Å². The molecule has 0 aromatic heterocycles. The van der Waals surface area contributed by atoms with Gasteiger partial charge in [0.25, 0.3) is 0 Å². The molecule has 0 unspecified atom stereocenters. The van der Waals surface area contributed by atoms with Gasteiger partial charge in [-0.05, 0) is 24.8 Å². The lowest BCUT2D eigenvalue weighted by Crippen LogP contribution is -1.95. The van der Waals surface area contributed by atoms with Crippen LogP contribution < -0.4 is 0 Å². The SMILES string of the molecule is C=C1C=C(CCCC(=O)O)C=CC1. The van der Waals surface area contributed by atoms with Crippen LogP contribution in [0.3, 0.4) is 0 Å². The Balaban J connectivity index is 2.32. The second-order valence-corrected chi connectivity index (χ2v) is 3.23.